The third-order valence-electron chi connectivity index (χ3n) is 3.02. The molecule has 0 amide bonds. The second kappa shape index (κ2) is 6.01. The van der Waals surface area contributed by atoms with Crippen LogP contribution >= 0.6 is 15.9 Å². The van der Waals surface area contributed by atoms with E-state index in [4.69, 9.17) is 0 Å². The van der Waals surface area contributed by atoms with Gasteiger partial charge < -0.3 is 0 Å². The number of nitrogens with one attached hydrogen (secondary N) is 1. The molecule has 5 heteroatoms. The van der Waals surface area contributed by atoms with E-state index in [0.717, 1.165) is 32.6 Å². The highest BCUT2D eigenvalue weighted by atomic mass is 79.9. The van der Waals surface area contributed by atoms with Crippen LogP contribution in [0, 0.1) is 0 Å². The van der Waals surface area contributed by atoms with Crippen molar-refractivity contribution in [2.75, 3.05) is 5.43 Å². The predicted molar refractivity (Wildman–Crippen MR) is 89.5 cm³/mol. The quantitative estimate of drug-likeness (QED) is 0.573. The fraction of sp³-hybridized carbons (Fsp3) is 0.0625. The number of anilines is 1. The van der Waals surface area contributed by atoms with Crippen molar-refractivity contribution in [2.45, 2.75) is 6.92 Å². The minimum Gasteiger partial charge on any atom is -0.278 e. The molecule has 3 rings (SSSR count). The summed E-state index contributed by atoms with van der Waals surface area (Å²) in [6.07, 6.45) is 1.74. The van der Waals surface area contributed by atoms with Crippen molar-refractivity contribution in [3.05, 3.63) is 64.9 Å². The summed E-state index contributed by atoms with van der Waals surface area (Å²) in [4.78, 5) is 8.95. The van der Waals surface area contributed by atoms with Gasteiger partial charge in [-0.1, -0.05) is 28.1 Å². The SMILES string of the molecule is C/C(=N/Nc1ccc(Br)cc1)c1cnc2ccccc2n1. The molecule has 1 N–H and O–H groups in total. The topological polar surface area (TPSA) is 50.2 Å². The summed E-state index contributed by atoms with van der Waals surface area (Å²) in [5.41, 5.74) is 7.24. The average Bonchev–Trinajstić information content (AvgIpc) is 2.53. The molecule has 0 radical (unpaired) electrons. The summed E-state index contributed by atoms with van der Waals surface area (Å²) in [6, 6.07) is 15.6. The van der Waals surface area contributed by atoms with Crippen LogP contribution in [0.25, 0.3) is 11.0 Å². The van der Waals surface area contributed by atoms with Crippen molar-refractivity contribution in [1.29, 1.82) is 0 Å². The van der Waals surface area contributed by atoms with Gasteiger partial charge in [-0.3, -0.25) is 10.4 Å². The van der Waals surface area contributed by atoms with E-state index < -0.39 is 0 Å². The van der Waals surface area contributed by atoms with Crippen LogP contribution in [-0.2, 0) is 0 Å². The van der Waals surface area contributed by atoms with Gasteiger partial charge in [-0.05, 0) is 43.3 Å². The Morgan fingerprint density at radius 3 is 2.52 bits per heavy atom. The van der Waals surface area contributed by atoms with Crippen molar-refractivity contribution < 1.29 is 0 Å². The molecule has 1 heterocycles. The maximum absolute atomic E-state index is 4.56. The zero-order valence-electron chi connectivity index (χ0n) is 11.4. The maximum atomic E-state index is 4.56. The van der Waals surface area contributed by atoms with Gasteiger partial charge in [0.2, 0.25) is 0 Å². The van der Waals surface area contributed by atoms with Crippen LogP contribution in [0.4, 0.5) is 5.69 Å². The molecule has 0 aliphatic carbocycles. The molecule has 104 valence electrons. The summed E-state index contributed by atoms with van der Waals surface area (Å²) in [6.45, 7) is 1.91. The first-order valence-electron chi connectivity index (χ1n) is 6.50. The van der Waals surface area contributed by atoms with Gasteiger partial charge in [0.05, 0.1) is 28.6 Å². The van der Waals surface area contributed by atoms with Crippen molar-refractivity contribution in [3.63, 3.8) is 0 Å². The Bertz CT molecular complexity index is 797. The Labute approximate surface area is 131 Å². The number of nitrogens with zero attached hydrogens (tertiary/aromatic N) is 3. The van der Waals surface area contributed by atoms with E-state index in [1.165, 1.54) is 0 Å². The molecule has 3 aromatic rings. The summed E-state index contributed by atoms with van der Waals surface area (Å²) in [5.74, 6) is 0. The molecular formula is C16H13BrN4. The van der Waals surface area contributed by atoms with E-state index in [-0.39, 0.29) is 0 Å². The van der Waals surface area contributed by atoms with Crippen molar-refractivity contribution in [1.82, 2.24) is 9.97 Å². The van der Waals surface area contributed by atoms with Crippen molar-refractivity contribution >= 4 is 38.4 Å². The lowest BCUT2D eigenvalue weighted by Gasteiger charge is -2.04. The first kappa shape index (κ1) is 13.7. The lowest BCUT2D eigenvalue weighted by Crippen LogP contribution is -2.03. The highest BCUT2D eigenvalue weighted by Gasteiger charge is 2.02. The first-order chi connectivity index (χ1) is 10.2. The molecule has 1 aromatic heterocycles. The van der Waals surface area contributed by atoms with Crippen LogP contribution in [-0.4, -0.2) is 15.7 Å². The van der Waals surface area contributed by atoms with Gasteiger partial charge in [-0.25, -0.2) is 4.98 Å². The molecule has 0 saturated heterocycles. The average molecular weight is 341 g/mol. The fourth-order valence-electron chi connectivity index (χ4n) is 1.86. The maximum Gasteiger partial charge on any atom is 0.105 e. The molecule has 0 spiro atoms. The summed E-state index contributed by atoms with van der Waals surface area (Å²) in [5, 5.41) is 4.35. The Morgan fingerprint density at radius 2 is 1.76 bits per heavy atom. The number of hydrogen-bond acceptors (Lipinski definition) is 4. The van der Waals surface area contributed by atoms with Gasteiger partial charge in [0.1, 0.15) is 5.69 Å². The monoisotopic (exact) mass is 340 g/mol. The standard InChI is InChI=1S/C16H13BrN4/c1-11(20-21-13-8-6-12(17)7-9-13)16-10-18-14-4-2-3-5-15(14)19-16/h2-10,21H,1H3/b20-11-. The Balaban J connectivity index is 1.83. The number of rotatable bonds is 3. The van der Waals surface area contributed by atoms with Crippen LogP contribution in [0.5, 0.6) is 0 Å². The first-order valence-corrected chi connectivity index (χ1v) is 7.30. The van der Waals surface area contributed by atoms with Crippen LogP contribution in [0.2, 0.25) is 0 Å². The third kappa shape index (κ3) is 3.25. The largest absolute Gasteiger partial charge is 0.278 e. The van der Waals surface area contributed by atoms with E-state index >= 15 is 0 Å². The number of benzene rings is 2. The smallest absolute Gasteiger partial charge is 0.105 e. The van der Waals surface area contributed by atoms with Crippen LogP contribution in [0.3, 0.4) is 0 Å². The minimum atomic E-state index is 0.762. The van der Waals surface area contributed by atoms with E-state index in [0.29, 0.717) is 0 Å². The van der Waals surface area contributed by atoms with E-state index in [9.17, 15) is 0 Å². The van der Waals surface area contributed by atoms with Crippen LogP contribution in [0.1, 0.15) is 12.6 Å². The van der Waals surface area contributed by atoms with E-state index in [2.05, 4.69) is 36.4 Å². The lowest BCUT2D eigenvalue weighted by molar-refractivity contribution is 1.23. The van der Waals surface area contributed by atoms with Crippen LogP contribution in [0.15, 0.2) is 64.3 Å². The Morgan fingerprint density at radius 1 is 1.05 bits per heavy atom. The van der Waals surface area contributed by atoms with Gasteiger partial charge in [0, 0.05) is 4.47 Å². The molecule has 2 aromatic carbocycles. The summed E-state index contributed by atoms with van der Waals surface area (Å²) < 4.78 is 1.04. The molecule has 0 aliphatic rings. The number of hydrogen-bond donors (Lipinski definition) is 1. The van der Waals surface area contributed by atoms with Gasteiger partial charge in [0.25, 0.3) is 0 Å². The number of aromatic nitrogens is 2. The Kier molecular flexibility index (Phi) is 3.92. The fourth-order valence-corrected chi connectivity index (χ4v) is 2.13. The van der Waals surface area contributed by atoms with E-state index in [1.54, 1.807) is 6.20 Å². The second-order valence-electron chi connectivity index (χ2n) is 4.56. The summed E-state index contributed by atoms with van der Waals surface area (Å²) >= 11 is 3.40. The zero-order chi connectivity index (χ0) is 14.7. The van der Waals surface area contributed by atoms with Gasteiger partial charge in [-0.15, -0.1) is 0 Å². The lowest BCUT2D eigenvalue weighted by atomic mass is 10.2. The zero-order valence-corrected chi connectivity index (χ0v) is 13.0. The molecule has 0 fully saturated rings. The Hall–Kier alpha value is -2.27. The summed E-state index contributed by atoms with van der Waals surface area (Å²) in [7, 11) is 0. The molecule has 0 atom stereocenters. The van der Waals surface area contributed by atoms with Gasteiger partial charge in [0.15, 0.2) is 0 Å². The minimum absolute atomic E-state index is 0.762. The van der Waals surface area contributed by atoms with E-state index in [1.807, 2.05) is 55.5 Å². The number of fused-ring (bicyclic) bond motifs is 1. The normalized spacial score (nSPS) is 11.6. The second-order valence-corrected chi connectivity index (χ2v) is 5.48. The van der Waals surface area contributed by atoms with Gasteiger partial charge >= 0.3 is 0 Å². The molecule has 4 nitrogen and oxygen atoms in total. The third-order valence-corrected chi connectivity index (χ3v) is 3.54. The molecular weight excluding hydrogens is 328 g/mol. The highest BCUT2D eigenvalue weighted by molar-refractivity contribution is 9.10. The van der Waals surface area contributed by atoms with Gasteiger partial charge in [-0.2, -0.15) is 5.10 Å². The molecule has 0 unspecified atom stereocenters. The highest BCUT2D eigenvalue weighted by Crippen LogP contribution is 2.14. The molecule has 0 bridgehead atoms. The van der Waals surface area contributed by atoms with Crippen molar-refractivity contribution in [2.24, 2.45) is 5.10 Å². The molecule has 0 saturated carbocycles. The molecule has 0 aliphatic heterocycles. The van der Waals surface area contributed by atoms with Crippen molar-refractivity contribution in [3.8, 4) is 0 Å². The van der Waals surface area contributed by atoms with Crippen LogP contribution < -0.4 is 5.43 Å². The number of para-hydroxylation sites is 2. The number of hydrazone groups is 1. The molecule has 21 heavy (non-hydrogen) atoms. The number of halogens is 1. The predicted octanol–water partition coefficient (Wildman–Crippen LogP) is 4.23.